The van der Waals surface area contributed by atoms with Crippen molar-refractivity contribution in [2.75, 3.05) is 13.1 Å². The number of Topliss-reactive ketones (excluding diaryl/α,β-unsaturated/α-hetero) is 1. The number of hydrogen-bond donors (Lipinski definition) is 1. The Kier molecular flexibility index (Phi) is 6.60. The molecule has 10 heteroatoms. The van der Waals surface area contributed by atoms with Crippen LogP contribution in [0.15, 0.2) is 58.3 Å². The van der Waals surface area contributed by atoms with Gasteiger partial charge in [-0.15, -0.1) is 0 Å². The van der Waals surface area contributed by atoms with E-state index < -0.39 is 17.3 Å². The predicted molar refractivity (Wildman–Crippen MR) is 137 cm³/mol. The highest BCUT2D eigenvalue weighted by Crippen LogP contribution is 2.35. The summed E-state index contributed by atoms with van der Waals surface area (Å²) < 4.78 is 57.4. The Morgan fingerprint density at radius 1 is 1.18 bits per heavy atom. The first-order valence-electron chi connectivity index (χ1n) is 12.7. The highest BCUT2D eigenvalue weighted by atomic mass is 19.4. The van der Waals surface area contributed by atoms with E-state index in [2.05, 4.69) is 5.32 Å². The van der Waals surface area contributed by atoms with Gasteiger partial charge in [0.1, 0.15) is 23.7 Å². The number of rotatable bonds is 6. The molecule has 1 N–H and O–H groups in total. The number of furan rings is 1. The van der Waals surface area contributed by atoms with E-state index in [1.165, 1.54) is 18.2 Å². The molecule has 0 spiro atoms. The minimum atomic E-state index is -4.49. The third-order valence-corrected chi connectivity index (χ3v) is 7.15. The van der Waals surface area contributed by atoms with E-state index in [9.17, 15) is 22.8 Å². The molecule has 0 radical (unpaired) electrons. The standard InChI is InChI=1S/C29H29F3N2O5/c1-16-25(35)28(3,4)39-27(16)34-12-11-19(14-34)33-26(36)24-17(2)38-23-10-9-20(13-21(23)24)37-15-18-7-5-6-8-22(18)29(30,31)32/h5-10,13,19H,11-12,14-15H2,1-4H3,(H,33,36). The highest BCUT2D eigenvalue weighted by molar-refractivity contribution is 6.07. The molecule has 1 atom stereocenters. The molecule has 0 saturated carbocycles. The molecule has 39 heavy (non-hydrogen) atoms. The normalized spacial score (nSPS) is 19.1. The van der Waals surface area contributed by atoms with Gasteiger partial charge < -0.3 is 24.1 Å². The number of amides is 1. The number of ether oxygens (including phenoxy) is 2. The summed E-state index contributed by atoms with van der Waals surface area (Å²) in [5.41, 5.74) is -0.254. The maximum atomic E-state index is 13.3. The van der Waals surface area contributed by atoms with E-state index in [1.807, 2.05) is 4.90 Å². The number of ketones is 1. The predicted octanol–water partition coefficient (Wildman–Crippen LogP) is 5.75. The van der Waals surface area contributed by atoms with Crippen molar-refractivity contribution in [3.63, 3.8) is 0 Å². The van der Waals surface area contributed by atoms with Gasteiger partial charge in [0, 0.05) is 30.1 Å². The third kappa shape index (κ3) is 5.07. The summed E-state index contributed by atoms with van der Waals surface area (Å²) in [4.78, 5) is 27.7. The van der Waals surface area contributed by atoms with Crippen molar-refractivity contribution in [2.24, 2.45) is 0 Å². The van der Waals surface area contributed by atoms with Crippen molar-refractivity contribution in [3.8, 4) is 5.75 Å². The van der Waals surface area contributed by atoms with E-state index in [1.54, 1.807) is 45.9 Å². The van der Waals surface area contributed by atoms with Gasteiger partial charge in [-0.3, -0.25) is 9.59 Å². The largest absolute Gasteiger partial charge is 0.489 e. The number of hydrogen-bond acceptors (Lipinski definition) is 6. The quantitative estimate of drug-likeness (QED) is 0.427. The number of nitrogens with zero attached hydrogens (tertiary/aromatic N) is 1. The second kappa shape index (κ2) is 9.66. The Balaban J connectivity index is 1.30. The molecule has 206 valence electrons. The summed E-state index contributed by atoms with van der Waals surface area (Å²) in [6, 6.07) is 9.90. The molecular formula is C29H29F3N2O5. The van der Waals surface area contributed by atoms with Gasteiger partial charge in [0.25, 0.3) is 5.91 Å². The van der Waals surface area contributed by atoms with Crippen molar-refractivity contribution < 1.29 is 36.7 Å². The van der Waals surface area contributed by atoms with Crippen LogP contribution < -0.4 is 10.1 Å². The van der Waals surface area contributed by atoms with E-state index in [4.69, 9.17) is 13.9 Å². The lowest BCUT2D eigenvalue weighted by molar-refractivity contribution is -0.138. The molecule has 1 amide bonds. The maximum absolute atomic E-state index is 13.3. The molecule has 1 unspecified atom stereocenters. The van der Waals surface area contributed by atoms with Gasteiger partial charge in [0.05, 0.1) is 16.7 Å². The number of nitrogens with one attached hydrogen (secondary N) is 1. The van der Waals surface area contributed by atoms with Crippen molar-refractivity contribution in [2.45, 2.75) is 58.5 Å². The molecule has 1 fully saturated rings. The maximum Gasteiger partial charge on any atom is 0.416 e. The first-order valence-corrected chi connectivity index (χ1v) is 12.7. The van der Waals surface area contributed by atoms with Crippen molar-refractivity contribution in [1.82, 2.24) is 10.2 Å². The number of alkyl halides is 3. The van der Waals surface area contributed by atoms with Gasteiger partial charge in [-0.05, 0) is 58.4 Å². The second-order valence-electron chi connectivity index (χ2n) is 10.4. The number of benzene rings is 2. The number of aryl methyl sites for hydroxylation is 1. The van der Waals surface area contributed by atoms with Gasteiger partial charge in [-0.1, -0.05) is 18.2 Å². The molecule has 1 saturated heterocycles. The lowest BCUT2D eigenvalue weighted by Gasteiger charge is -2.24. The van der Waals surface area contributed by atoms with Crippen LogP contribution in [0.3, 0.4) is 0 Å². The topological polar surface area (TPSA) is 81.0 Å². The zero-order valence-electron chi connectivity index (χ0n) is 22.1. The highest BCUT2D eigenvalue weighted by Gasteiger charge is 2.43. The molecule has 0 bridgehead atoms. The molecule has 2 aliphatic heterocycles. The summed E-state index contributed by atoms with van der Waals surface area (Å²) in [6.07, 6.45) is -3.82. The number of carbonyl (C=O) groups is 2. The molecule has 2 aliphatic rings. The Bertz CT molecular complexity index is 1490. The summed E-state index contributed by atoms with van der Waals surface area (Å²) in [5.74, 6) is 0.912. The molecule has 3 heterocycles. The van der Waals surface area contributed by atoms with Crippen molar-refractivity contribution >= 4 is 22.7 Å². The summed E-state index contributed by atoms with van der Waals surface area (Å²) in [7, 11) is 0. The van der Waals surface area contributed by atoms with Crippen LogP contribution >= 0.6 is 0 Å². The number of carbonyl (C=O) groups excluding carboxylic acids is 2. The van der Waals surface area contributed by atoms with Crippen LogP contribution in [0.25, 0.3) is 11.0 Å². The summed E-state index contributed by atoms with van der Waals surface area (Å²) in [5, 5.41) is 3.55. The molecular weight excluding hydrogens is 513 g/mol. The minimum Gasteiger partial charge on any atom is -0.489 e. The average molecular weight is 543 g/mol. The SMILES string of the molecule is CC1=C(N2CCC(NC(=O)c3c(C)oc4ccc(OCc5ccccc5C(F)(F)F)cc34)C2)OC(C)(C)C1=O. The molecule has 0 aliphatic carbocycles. The van der Waals surface area contributed by atoms with Gasteiger partial charge in [0.15, 0.2) is 11.5 Å². The fourth-order valence-corrected chi connectivity index (χ4v) is 5.19. The third-order valence-electron chi connectivity index (χ3n) is 7.15. The van der Waals surface area contributed by atoms with Crippen molar-refractivity contribution in [3.05, 3.63) is 76.4 Å². The number of likely N-dealkylation sites (tertiary alicyclic amines) is 1. The Labute approximate surface area is 223 Å². The lowest BCUT2D eigenvalue weighted by atomic mass is 10.0. The Hall–Kier alpha value is -3.95. The number of halogens is 3. The van der Waals surface area contributed by atoms with Gasteiger partial charge in [-0.2, -0.15) is 13.2 Å². The van der Waals surface area contributed by atoms with Crippen LogP contribution in [0.1, 0.15) is 54.4 Å². The Morgan fingerprint density at radius 3 is 2.62 bits per heavy atom. The Morgan fingerprint density at radius 2 is 1.92 bits per heavy atom. The van der Waals surface area contributed by atoms with Crippen LogP contribution in [0.5, 0.6) is 5.75 Å². The van der Waals surface area contributed by atoms with Gasteiger partial charge in [-0.25, -0.2) is 0 Å². The molecule has 2 aromatic carbocycles. The number of fused-ring (bicyclic) bond motifs is 1. The van der Waals surface area contributed by atoms with E-state index in [0.717, 1.165) is 6.07 Å². The zero-order chi connectivity index (χ0) is 28.1. The van der Waals surface area contributed by atoms with Crippen LogP contribution in [-0.4, -0.2) is 41.3 Å². The first-order chi connectivity index (χ1) is 18.3. The monoisotopic (exact) mass is 542 g/mol. The van der Waals surface area contributed by atoms with Crippen LogP contribution in [0.4, 0.5) is 13.2 Å². The molecule has 3 aromatic rings. The smallest absolute Gasteiger partial charge is 0.416 e. The fraction of sp³-hybridized carbons (Fsp3) is 0.379. The van der Waals surface area contributed by atoms with Crippen LogP contribution in [-0.2, 0) is 22.3 Å². The van der Waals surface area contributed by atoms with Crippen LogP contribution in [0, 0.1) is 6.92 Å². The lowest BCUT2D eigenvalue weighted by Crippen LogP contribution is -2.37. The molecule has 5 rings (SSSR count). The van der Waals surface area contributed by atoms with Gasteiger partial charge in [0.2, 0.25) is 5.78 Å². The first kappa shape index (κ1) is 26.6. The van der Waals surface area contributed by atoms with E-state index in [-0.39, 0.29) is 29.9 Å². The van der Waals surface area contributed by atoms with E-state index in [0.29, 0.717) is 59.0 Å². The molecule has 7 nitrogen and oxygen atoms in total. The van der Waals surface area contributed by atoms with Gasteiger partial charge >= 0.3 is 6.18 Å². The fourth-order valence-electron chi connectivity index (χ4n) is 5.19. The second-order valence-corrected chi connectivity index (χ2v) is 10.4. The van der Waals surface area contributed by atoms with E-state index >= 15 is 0 Å². The summed E-state index contributed by atoms with van der Waals surface area (Å²) >= 11 is 0. The minimum absolute atomic E-state index is 0.0129. The zero-order valence-corrected chi connectivity index (χ0v) is 22.1. The van der Waals surface area contributed by atoms with Crippen LogP contribution in [0.2, 0.25) is 0 Å². The van der Waals surface area contributed by atoms with Crippen molar-refractivity contribution in [1.29, 1.82) is 0 Å². The average Bonchev–Trinajstić information content (AvgIpc) is 3.52. The molecule has 1 aromatic heterocycles. The summed E-state index contributed by atoms with van der Waals surface area (Å²) in [6.45, 7) is 7.74.